The summed E-state index contributed by atoms with van der Waals surface area (Å²) in [5.41, 5.74) is 3.64. The van der Waals surface area contributed by atoms with Crippen molar-refractivity contribution in [1.82, 2.24) is 9.97 Å². The van der Waals surface area contributed by atoms with Crippen LogP contribution < -0.4 is 4.90 Å². The Morgan fingerprint density at radius 3 is 2.19 bits per heavy atom. The average molecular weight is 388 g/mol. The highest BCUT2D eigenvalue weighted by Gasteiger charge is 2.21. The minimum atomic E-state index is 0.322. The van der Waals surface area contributed by atoms with E-state index in [0.717, 1.165) is 29.1 Å². The molecule has 0 fully saturated rings. The Morgan fingerprint density at radius 2 is 1.62 bits per heavy atom. The molecule has 0 atom stereocenters. The lowest BCUT2D eigenvalue weighted by atomic mass is 10.0. The van der Waals surface area contributed by atoms with E-state index in [1.54, 1.807) is 11.3 Å². The van der Waals surface area contributed by atoms with Crippen LogP contribution in [-0.4, -0.2) is 23.1 Å². The molecule has 0 aliphatic heterocycles. The van der Waals surface area contributed by atoms with Crippen molar-refractivity contribution >= 4 is 39.0 Å². The van der Waals surface area contributed by atoms with Crippen LogP contribution in [0.2, 0.25) is 5.28 Å². The van der Waals surface area contributed by atoms with Crippen LogP contribution in [0, 0.1) is 18.8 Å². The van der Waals surface area contributed by atoms with Gasteiger partial charge in [0.05, 0.1) is 5.39 Å². The highest BCUT2D eigenvalue weighted by atomic mass is 35.5. The number of halogens is 1. The molecular weight excluding hydrogens is 362 g/mol. The summed E-state index contributed by atoms with van der Waals surface area (Å²) in [7, 11) is 0. The van der Waals surface area contributed by atoms with E-state index in [0.29, 0.717) is 17.1 Å². The first-order valence-electron chi connectivity index (χ1n) is 9.12. The number of aryl methyl sites for hydroxylation is 1. The normalized spacial score (nSPS) is 11.7. The van der Waals surface area contributed by atoms with Gasteiger partial charge in [0, 0.05) is 24.0 Å². The minimum absolute atomic E-state index is 0.322. The first-order valence-corrected chi connectivity index (χ1v) is 10.4. The fourth-order valence-electron chi connectivity index (χ4n) is 3.20. The van der Waals surface area contributed by atoms with Gasteiger partial charge in [-0.15, -0.1) is 11.3 Å². The summed E-state index contributed by atoms with van der Waals surface area (Å²) in [6.07, 6.45) is 0. The fraction of sp³-hybridized carbons (Fsp3) is 0.429. The second kappa shape index (κ2) is 7.93. The van der Waals surface area contributed by atoms with Gasteiger partial charge in [0.2, 0.25) is 5.28 Å². The van der Waals surface area contributed by atoms with Crippen LogP contribution in [0.1, 0.15) is 33.3 Å². The van der Waals surface area contributed by atoms with E-state index < -0.39 is 0 Å². The van der Waals surface area contributed by atoms with Crippen molar-refractivity contribution in [3.63, 3.8) is 0 Å². The standard InChI is InChI=1S/C21H26ClN3S/c1-13(2)10-25(11-14(3)4)19-18-17(16-8-6-15(5)7-9-16)12-26-20(18)24-21(22)23-19/h6-9,12-14H,10-11H2,1-5H3. The summed E-state index contributed by atoms with van der Waals surface area (Å²) >= 11 is 7.91. The van der Waals surface area contributed by atoms with E-state index in [1.807, 2.05) is 0 Å². The molecule has 1 aromatic carbocycles. The van der Waals surface area contributed by atoms with E-state index in [1.165, 1.54) is 16.7 Å². The molecule has 0 spiro atoms. The Hall–Kier alpha value is -1.65. The molecule has 2 heterocycles. The van der Waals surface area contributed by atoms with Gasteiger partial charge < -0.3 is 4.90 Å². The number of fused-ring (bicyclic) bond motifs is 1. The first-order chi connectivity index (χ1) is 12.3. The number of hydrogen-bond acceptors (Lipinski definition) is 4. The second-order valence-electron chi connectivity index (χ2n) is 7.70. The number of nitrogens with zero attached hydrogens (tertiary/aromatic N) is 3. The smallest absolute Gasteiger partial charge is 0.225 e. The molecule has 0 bridgehead atoms. The molecule has 0 saturated carbocycles. The van der Waals surface area contributed by atoms with Crippen LogP contribution in [-0.2, 0) is 0 Å². The van der Waals surface area contributed by atoms with Crippen molar-refractivity contribution in [2.45, 2.75) is 34.6 Å². The van der Waals surface area contributed by atoms with E-state index in [4.69, 9.17) is 11.6 Å². The van der Waals surface area contributed by atoms with Crippen LogP contribution in [0.3, 0.4) is 0 Å². The van der Waals surface area contributed by atoms with Gasteiger partial charge in [-0.1, -0.05) is 57.5 Å². The maximum Gasteiger partial charge on any atom is 0.225 e. The molecule has 26 heavy (non-hydrogen) atoms. The zero-order chi connectivity index (χ0) is 18.8. The third-order valence-corrected chi connectivity index (χ3v) is 5.26. The molecule has 0 aliphatic rings. The summed E-state index contributed by atoms with van der Waals surface area (Å²) in [6, 6.07) is 8.64. The van der Waals surface area contributed by atoms with Gasteiger partial charge in [-0.2, -0.15) is 4.98 Å². The lowest BCUT2D eigenvalue weighted by Gasteiger charge is -2.28. The van der Waals surface area contributed by atoms with Gasteiger partial charge in [-0.25, -0.2) is 4.98 Å². The van der Waals surface area contributed by atoms with Crippen LogP contribution in [0.15, 0.2) is 29.6 Å². The number of rotatable bonds is 6. The molecule has 3 aromatic rings. The zero-order valence-electron chi connectivity index (χ0n) is 16.1. The molecule has 0 N–H and O–H groups in total. The maximum absolute atomic E-state index is 6.27. The maximum atomic E-state index is 6.27. The molecule has 138 valence electrons. The van der Waals surface area contributed by atoms with E-state index in [9.17, 15) is 0 Å². The van der Waals surface area contributed by atoms with Crippen molar-refractivity contribution in [2.75, 3.05) is 18.0 Å². The van der Waals surface area contributed by atoms with Crippen LogP contribution >= 0.6 is 22.9 Å². The van der Waals surface area contributed by atoms with Crippen molar-refractivity contribution in [1.29, 1.82) is 0 Å². The summed E-state index contributed by atoms with van der Waals surface area (Å²) in [5, 5.41) is 3.61. The van der Waals surface area contributed by atoms with Crippen molar-refractivity contribution in [3.8, 4) is 11.1 Å². The molecule has 3 rings (SSSR count). The lowest BCUT2D eigenvalue weighted by molar-refractivity contribution is 0.550. The lowest BCUT2D eigenvalue weighted by Crippen LogP contribution is -2.32. The third kappa shape index (κ3) is 4.18. The first kappa shape index (κ1) is 19.1. The van der Waals surface area contributed by atoms with E-state index in [2.05, 4.69) is 79.1 Å². The molecule has 5 heteroatoms. The number of benzene rings is 1. The molecule has 3 nitrogen and oxygen atoms in total. The van der Waals surface area contributed by atoms with E-state index >= 15 is 0 Å². The van der Waals surface area contributed by atoms with Crippen molar-refractivity contribution in [2.24, 2.45) is 11.8 Å². The second-order valence-corrected chi connectivity index (χ2v) is 8.90. The topological polar surface area (TPSA) is 29.0 Å². The Labute approximate surface area is 165 Å². The minimum Gasteiger partial charge on any atom is -0.355 e. The zero-order valence-corrected chi connectivity index (χ0v) is 17.7. The fourth-order valence-corrected chi connectivity index (χ4v) is 4.36. The Morgan fingerprint density at radius 1 is 1.00 bits per heavy atom. The Kier molecular flexibility index (Phi) is 5.83. The van der Waals surface area contributed by atoms with Gasteiger partial charge in [-0.05, 0) is 35.9 Å². The van der Waals surface area contributed by atoms with Gasteiger partial charge >= 0.3 is 0 Å². The van der Waals surface area contributed by atoms with Crippen molar-refractivity contribution < 1.29 is 0 Å². The predicted molar refractivity (Wildman–Crippen MR) is 114 cm³/mol. The molecule has 0 saturated heterocycles. The molecule has 0 amide bonds. The monoisotopic (exact) mass is 387 g/mol. The summed E-state index contributed by atoms with van der Waals surface area (Å²) < 4.78 is 0. The van der Waals surface area contributed by atoms with E-state index in [-0.39, 0.29) is 0 Å². The molecule has 0 aliphatic carbocycles. The van der Waals surface area contributed by atoms with Crippen LogP contribution in [0.5, 0.6) is 0 Å². The average Bonchev–Trinajstić information content (AvgIpc) is 2.97. The molecule has 0 radical (unpaired) electrons. The highest BCUT2D eigenvalue weighted by molar-refractivity contribution is 7.17. The van der Waals surface area contributed by atoms with Gasteiger partial charge in [0.25, 0.3) is 0 Å². The largest absolute Gasteiger partial charge is 0.355 e. The SMILES string of the molecule is Cc1ccc(-c2csc3nc(Cl)nc(N(CC(C)C)CC(C)C)c23)cc1. The Bertz CT molecular complexity index is 874. The summed E-state index contributed by atoms with van der Waals surface area (Å²) in [4.78, 5) is 12.5. The van der Waals surface area contributed by atoms with Gasteiger partial charge in [0.1, 0.15) is 10.6 Å². The number of aromatic nitrogens is 2. The molecular formula is C21H26ClN3S. The highest BCUT2D eigenvalue weighted by Crippen LogP contribution is 2.39. The molecule has 2 aromatic heterocycles. The predicted octanol–water partition coefficient (Wildman–Crippen LogP) is 6.44. The molecule has 0 unspecified atom stereocenters. The summed E-state index contributed by atoms with van der Waals surface area (Å²) in [6.45, 7) is 13.0. The number of hydrogen-bond donors (Lipinski definition) is 0. The summed E-state index contributed by atoms with van der Waals surface area (Å²) in [5.74, 6) is 2.04. The van der Waals surface area contributed by atoms with Crippen LogP contribution in [0.4, 0.5) is 5.82 Å². The Balaban J connectivity index is 2.19. The quantitative estimate of drug-likeness (QED) is 0.456. The van der Waals surface area contributed by atoms with Gasteiger partial charge in [0.15, 0.2) is 0 Å². The van der Waals surface area contributed by atoms with Crippen LogP contribution in [0.25, 0.3) is 21.3 Å². The van der Waals surface area contributed by atoms with Gasteiger partial charge in [-0.3, -0.25) is 0 Å². The number of thiophene rings is 1. The number of anilines is 1. The third-order valence-electron chi connectivity index (χ3n) is 4.22. The van der Waals surface area contributed by atoms with Crippen molar-refractivity contribution in [3.05, 3.63) is 40.5 Å².